The fourth-order valence-corrected chi connectivity index (χ4v) is 5.88. The van der Waals surface area contributed by atoms with E-state index >= 15 is 0 Å². The maximum absolute atomic E-state index is 13.3. The quantitative estimate of drug-likeness (QED) is 0.0840. The van der Waals surface area contributed by atoms with E-state index in [9.17, 15) is 29.2 Å². The number of carbonyl (C=O) groups excluding carboxylic acids is 2. The monoisotopic (exact) mass is 574 g/mol. The summed E-state index contributed by atoms with van der Waals surface area (Å²) in [5, 5.41) is 30.5. The van der Waals surface area contributed by atoms with Gasteiger partial charge in [-0.25, -0.2) is 4.39 Å². The highest BCUT2D eigenvalue weighted by Gasteiger charge is 2.45. The zero-order chi connectivity index (χ0) is 28.2. The van der Waals surface area contributed by atoms with Crippen molar-refractivity contribution >= 4 is 51.7 Å². The van der Waals surface area contributed by atoms with Crippen LogP contribution in [-0.4, -0.2) is 31.9 Å². The molecule has 0 bridgehead atoms. The van der Waals surface area contributed by atoms with Crippen LogP contribution in [0.1, 0.15) is 22.7 Å². The molecule has 0 saturated heterocycles. The maximum atomic E-state index is 13.3. The number of amides is 1. The molecule has 3 aromatic carbocycles. The van der Waals surface area contributed by atoms with Crippen molar-refractivity contribution < 1.29 is 24.0 Å². The van der Waals surface area contributed by atoms with Gasteiger partial charge in [0.1, 0.15) is 5.82 Å². The standard InChI is InChI=1S/C28H19FN4O5S2/c29-20-11-6-18(7-12-20)16-39-28-31-30-27(40-28)32-24(19-9-13-21(14-10-19)33(37)38)23(25(35)26(32)36)22(34)15-8-17-4-2-1-3-5-17/h1-15,24,35H,16H2/b15-8+. The van der Waals surface area contributed by atoms with Crippen LogP contribution in [-0.2, 0) is 15.3 Å². The van der Waals surface area contributed by atoms with Gasteiger partial charge < -0.3 is 5.11 Å². The van der Waals surface area contributed by atoms with Gasteiger partial charge in [0.15, 0.2) is 15.9 Å². The first-order valence-electron chi connectivity index (χ1n) is 11.8. The van der Waals surface area contributed by atoms with E-state index in [-0.39, 0.29) is 22.2 Å². The average molecular weight is 575 g/mol. The molecule has 0 fully saturated rings. The first-order valence-corrected chi connectivity index (χ1v) is 13.6. The first kappa shape index (κ1) is 26.9. The Kier molecular flexibility index (Phi) is 7.80. The summed E-state index contributed by atoms with van der Waals surface area (Å²) in [5.74, 6) is -2.04. The largest absolute Gasteiger partial charge is 0.503 e. The molecule has 0 aliphatic carbocycles. The molecule has 4 aromatic rings. The number of allylic oxidation sites excluding steroid dienone is 1. The Balaban J connectivity index is 1.47. The molecule has 9 nitrogen and oxygen atoms in total. The summed E-state index contributed by atoms with van der Waals surface area (Å²) in [4.78, 5) is 38.4. The Hall–Kier alpha value is -4.68. The Bertz CT molecular complexity index is 1640. The third-order valence-electron chi connectivity index (χ3n) is 6.00. The number of anilines is 1. The molecule has 2 heterocycles. The van der Waals surface area contributed by atoms with Crippen molar-refractivity contribution in [2.45, 2.75) is 16.1 Å². The molecule has 1 amide bonds. The second-order valence-corrected chi connectivity index (χ2v) is 10.7. The van der Waals surface area contributed by atoms with E-state index in [4.69, 9.17) is 0 Å². The number of carbonyl (C=O) groups is 2. The summed E-state index contributed by atoms with van der Waals surface area (Å²) in [7, 11) is 0. The maximum Gasteiger partial charge on any atom is 0.296 e. The van der Waals surface area contributed by atoms with Crippen LogP contribution in [0.2, 0.25) is 0 Å². The molecule has 40 heavy (non-hydrogen) atoms. The average Bonchev–Trinajstić information content (AvgIpc) is 3.54. The summed E-state index contributed by atoms with van der Waals surface area (Å²) in [6, 6.07) is 19.4. The molecule has 12 heteroatoms. The summed E-state index contributed by atoms with van der Waals surface area (Å²) in [6.45, 7) is 0. The number of hydrogen-bond donors (Lipinski definition) is 1. The summed E-state index contributed by atoms with van der Waals surface area (Å²) >= 11 is 2.42. The highest BCUT2D eigenvalue weighted by Crippen LogP contribution is 2.43. The number of thioether (sulfide) groups is 1. The van der Waals surface area contributed by atoms with E-state index in [1.165, 1.54) is 59.1 Å². The summed E-state index contributed by atoms with van der Waals surface area (Å²) in [6.07, 6.45) is 2.83. The molecule has 1 aromatic heterocycles. The van der Waals surface area contributed by atoms with Gasteiger partial charge in [-0.15, -0.1) is 10.2 Å². The Morgan fingerprint density at radius 3 is 2.45 bits per heavy atom. The smallest absolute Gasteiger partial charge is 0.296 e. The van der Waals surface area contributed by atoms with Crippen LogP contribution in [0.5, 0.6) is 0 Å². The number of halogens is 1. The molecular weight excluding hydrogens is 555 g/mol. The van der Waals surface area contributed by atoms with Crippen molar-refractivity contribution in [3.05, 3.63) is 129 Å². The van der Waals surface area contributed by atoms with Gasteiger partial charge in [0.2, 0.25) is 5.13 Å². The number of rotatable bonds is 9. The minimum absolute atomic E-state index is 0.136. The van der Waals surface area contributed by atoms with Gasteiger partial charge in [-0.3, -0.25) is 24.6 Å². The predicted molar refractivity (Wildman–Crippen MR) is 149 cm³/mol. The van der Waals surface area contributed by atoms with Crippen molar-refractivity contribution in [1.29, 1.82) is 0 Å². The van der Waals surface area contributed by atoms with Gasteiger partial charge in [0, 0.05) is 17.9 Å². The SMILES string of the molecule is O=C(/C=C/c1ccccc1)C1=C(O)C(=O)N(c2nnc(SCc3ccc(F)cc3)s2)C1c1ccc([N+](=O)[O-])cc1. The molecule has 0 radical (unpaired) electrons. The minimum Gasteiger partial charge on any atom is -0.503 e. The molecule has 1 aliphatic rings. The number of non-ortho nitro benzene ring substituents is 1. The van der Waals surface area contributed by atoms with Crippen molar-refractivity contribution in [3.63, 3.8) is 0 Å². The highest BCUT2D eigenvalue weighted by atomic mass is 32.2. The Morgan fingerprint density at radius 2 is 1.77 bits per heavy atom. The molecule has 1 atom stereocenters. The molecule has 1 aliphatic heterocycles. The number of nitro benzene ring substituents is 1. The molecule has 0 saturated carbocycles. The minimum atomic E-state index is -1.09. The van der Waals surface area contributed by atoms with Gasteiger partial charge in [0.05, 0.1) is 16.5 Å². The summed E-state index contributed by atoms with van der Waals surface area (Å²) < 4.78 is 13.7. The number of benzene rings is 3. The van der Waals surface area contributed by atoms with Crippen LogP contribution in [0.25, 0.3) is 6.08 Å². The molecule has 0 spiro atoms. The number of hydrogen-bond acceptors (Lipinski definition) is 9. The molecule has 1 unspecified atom stereocenters. The number of aliphatic hydroxyl groups is 1. The molecule has 1 N–H and O–H groups in total. The lowest BCUT2D eigenvalue weighted by Crippen LogP contribution is -2.30. The van der Waals surface area contributed by atoms with Crippen LogP contribution in [0, 0.1) is 15.9 Å². The lowest BCUT2D eigenvalue weighted by Gasteiger charge is -2.23. The van der Waals surface area contributed by atoms with Crippen molar-refractivity contribution in [2.24, 2.45) is 0 Å². The highest BCUT2D eigenvalue weighted by molar-refractivity contribution is 8.00. The van der Waals surface area contributed by atoms with Crippen molar-refractivity contribution in [2.75, 3.05) is 4.90 Å². The van der Waals surface area contributed by atoms with Crippen molar-refractivity contribution in [3.8, 4) is 0 Å². The topological polar surface area (TPSA) is 127 Å². The summed E-state index contributed by atoms with van der Waals surface area (Å²) in [5.41, 5.74) is 1.63. The molecular formula is C28H19FN4O5S2. The first-order chi connectivity index (χ1) is 19.3. The number of aromatic nitrogens is 2. The normalized spacial score (nSPS) is 15.3. The van der Waals surface area contributed by atoms with E-state index in [0.717, 1.165) is 22.5 Å². The van der Waals surface area contributed by atoms with E-state index in [0.29, 0.717) is 15.7 Å². The molecule has 5 rings (SSSR count). The van der Waals surface area contributed by atoms with Gasteiger partial charge in [-0.1, -0.05) is 71.6 Å². The lowest BCUT2D eigenvalue weighted by atomic mass is 9.95. The zero-order valence-corrected chi connectivity index (χ0v) is 22.1. The van der Waals surface area contributed by atoms with Crippen LogP contribution in [0.4, 0.5) is 15.2 Å². The third-order valence-corrected chi connectivity index (χ3v) is 8.12. The van der Waals surface area contributed by atoms with Crippen LogP contribution < -0.4 is 4.90 Å². The van der Waals surface area contributed by atoms with Crippen LogP contribution in [0.15, 0.2) is 101 Å². The Morgan fingerprint density at radius 1 is 1.07 bits per heavy atom. The van der Waals surface area contributed by atoms with Gasteiger partial charge in [0.25, 0.3) is 11.6 Å². The zero-order valence-electron chi connectivity index (χ0n) is 20.5. The van der Waals surface area contributed by atoms with Crippen LogP contribution >= 0.6 is 23.1 Å². The van der Waals surface area contributed by atoms with E-state index in [1.54, 1.807) is 30.3 Å². The van der Waals surface area contributed by atoms with Crippen LogP contribution in [0.3, 0.4) is 0 Å². The predicted octanol–water partition coefficient (Wildman–Crippen LogP) is 6.06. The fourth-order valence-electron chi connectivity index (χ4n) is 4.06. The van der Waals surface area contributed by atoms with Gasteiger partial charge in [-0.2, -0.15) is 0 Å². The van der Waals surface area contributed by atoms with E-state index in [2.05, 4.69) is 10.2 Å². The third kappa shape index (κ3) is 5.67. The van der Waals surface area contributed by atoms with Gasteiger partial charge >= 0.3 is 0 Å². The lowest BCUT2D eigenvalue weighted by molar-refractivity contribution is -0.384. The second kappa shape index (κ2) is 11.6. The van der Waals surface area contributed by atoms with Crippen molar-refractivity contribution in [1.82, 2.24) is 10.2 Å². The van der Waals surface area contributed by atoms with Gasteiger partial charge in [-0.05, 0) is 47.0 Å². The number of nitrogens with zero attached hydrogens (tertiary/aromatic N) is 4. The number of aliphatic hydroxyl groups excluding tert-OH is 1. The Labute approximate surface area is 235 Å². The van der Waals surface area contributed by atoms with E-state index < -0.39 is 28.4 Å². The van der Waals surface area contributed by atoms with E-state index in [1.807, 2.05) is 18.2 Å². The molecule has 200 valence electrons. The second-order valence-electron chi connectivity index (χ2n) is 8.56. The number of ketones is 1. The number of nitro groups is 1. The fraction of sp³-hybridized carbons (Fsp3) is 0.0714.